The SMILES string of the molecule is CN1CCCCC1CCNc1ccc(OC(F)F)cc1. The summed E-state index contributed by atoms with van der Waals surface area (Å²) in [6.07, 6.45) is 4.98. The van der Waals surface area contributed by atoms with Gasteiger partial charge >= 0.3 is 6.61 Å². The topological polar surface area (TPSA) is 24.5 Å². The Morgan fingerprint density at radius 3 is 2.70 bits per heavy atom. The number of piperidine rings is 1. The van der Waals surface area contributed by atoms with Crippen molar-refractivity contribution >= 4 is 5.69 Å². The Balaban J connectivity index is 1.73. The van der Waals surface area contributed by atoms with Crippen molar-refractivity contribution in [2.24, 2.45) is 0 Å². The minimum atomic E-state index is -2.77. The summed E-state index contributed by atoms with van der Waals surface area (Å²) in [4.78, 5) is 2.42. The van der Waals surface area contributed by atoms with Gasteiger partial charge in [0.25, 0.3) is 0 Å². The highest BCUT2D eigenvalue weighted by Crippen LogP contribution is 2.20. The van der Waals surface area contributed by atoms with Crippen LogP contribution in [0.3, 0.4) is 0 Å². The van der Waals surface area contributed by atoms with Crippen molar-refractivity contribution in [3.8, 4) is 5.75 Å². The third-order valence-electron chi connectivity index (χ3n) is 3.81. The van der Waals surface area contributed by atoms with Gasteiger partial charge in [0.05, 0.1) is 0 Å². The van der Waals surface area contributed by atoms with Crippen molar-refractivity contribution in [2.75, 3.05) is 25.5 Å². The fourth-order valence-electron chi connectivity index (χ4n) is 2.65. The molecule has 2 rings (SSSR count). The zero-order valence-corrected chi connectivity index (χ0v) is 11.8. The van der Waals surface area contributed by atoms with E-state index in [1.807, 2.05) is 0 Å². The summed E-state index contributed by atoms with van der Waals surface area (Å²) in [6, 6.07) is 7.30. The number of ether oxygens (including phenoxy) is 1. The summed E-state index contributed by atoms with van der Waals surface area (Å²) >= 11 is 0. The van der Waals surface area contributed by atoms with Crippen molar-refractivity contribution in [1.82, 2.24) is 4.90 Å². The lowest BCUT2D eigenvalue weighted by Crippen LogP contribution is -2.37. The molecule has 0 aromatic heterocycles. The third-order valence-corrected chi connectivity index (χ3v) is 3.81. The summed E-state index contributed by atoms with van der Waals surface area (Å²) < 4.78 is 28.4. The lowest BCUT2D eigenvalue weighted by Gasteiger charge is -2.32. The molecule has 0 amide bonds. The monoisotopic (exact) mass is 284 g/mol. The number of hydrogen-bond acceptors (Lipinski definition) is 3. The average molecular weight is 284 g/mol. The van der Waals surface area contributed by atoms with Crippen LogP contribution in [0.25, 0.3) is 0 Å². The summed E-state index contributed by atoms with van der Waals surface area (Å²) in [7, 11) is 2.18. The molecule has 1 aliphatic rings. The van der Waals surface area contributed by atoms with E-state index >= 15 is 0 Å². The summed E-state index contributed by atoms with van der Waals surface area (Å²) in [6.45, 7) is -0.690. The molecule has 1 fully saturated rings. The molecule has 5 heteroatoms. The first kappa shape index (κ1) is 15.0. The first-order chi connectivity index (χ1) is 9.65. The molecule has 1 aromatic rings. The minimum Gasteiger partial charge on any atom is -0.435 e. The first-order valence-corrected chi connectivity index (χ1v) is 7.14. The Kier molecular flexibility index (Phi) is 5.59. The maximum atomic E-state index is 12.0. The fraction of sp³-hybridized carbons (Fsp3) is 0.600. The van der Waals surface area contributed by atoms with Crippen LogP contribution >= 0.6 is 0 Å². The van der Waals surface area contributed by atoms with Gasteiger partial charge in [0, 0.05) is 18.3 Å². The van der Waals surface area contributed by atoms with Gasteiger partial charge < -0.3 is 15.0 Å². The number of hydrogen-bond donors (Lipinski definition) is 1. The molecule has 1 aromatic carbocycles. The van der Waals surface area contributed by atoms with Crippen molar-refractivity contribution < 1.29 is 13.5 Å². The first-order valence-electron chi connectivity index (χ1n) is 7.14. The van der Waals surface area contributed by atoms with E-state index in [2.05, 4.69) is 22.0 Å². The Labute approximate surface area is 118 Å². The molecule has 112 valence electrons. The molecule has 1 saturated heterocycles. The number of likely N-dealkylation sites (tertiary alicyclic amines) is 1. The van der Waals surface area contributed by atoms with Gasteiger partial charge in [0.1, 0.15) is 5.75 Å². The Morgan fingerprint density at radius 1 is 1.30 bits per heavy atom. The van der Waals surface area contributed by atoms with Crippen LogP contribution in [0.5, 0.6) is 5.75 Å². The predicted molar refractivity (Wildman–Crippen MR) is 76.4 cm³/mol. The Bertz CT molecular complexity index is 397. The summed E-state index contributed by atoms with van der Waals surface area (Å²) in [5.41, 5.74) is 0.935. The molecule has 3 nitrogen and oxygen atoms in total. The van der Waals surface area contributed by atoms with Crippen LogP contribution in [-0.4, -0.2) is 37.7 Å². The average Bonchev–Trinajstić information content (AvgIpc) is 2.42. The van der Waals surface area contributed by atoms with Gasteiger partial charge in [0.15, 0.2) is 0 Å². The van der Waals surface area contributed by atoms with Crippen LogP contribution in [0.1, 0.15) is 25.7 Å². The molecular formula is C15H22F2N2O. The molecular weight excluding hydrogens is 262 g/mol. The largest absolute Gasteiger partial charge is 0.435 e. The molecule has 0 radical (unpaired) electrons. The number of halogens is 2. The van der Waals surface area contributed by atoms with Crippen LogP contribution < -0.4 is 10.1 Å². The fourth-order valence-corrected chi connectivity index (χ4v) is 2.65. The Hall–Kier alpha value is -1.36. The van der Waals surface area contributed by atoms with E-state index in [9.17, 15) is 8.78 Å². The van der Waals surface area contributed by atoms with E-state index in [1.54, 1.807) is 24.3 Å². The van der Waals surface area contributed by atoms with Gasteiger partial charge in [-0.3, -0.25) is 0 Å². The molecule has 20 heavy (non-hydrogen) atoms. The second-order valence-corrected chi connectivity index (χ2v) is 5.25. The molecule has 1 aliphatic heterocycles. The van der Waals surface area contributed by atoms with Gasteiger partial charge in [-0.2, -0.15) is 8.78 Å². The van der Waals surface area contributed by atoms with Crippen molar-refractivity contribution in [3.63, 3.8) is 0 Å². The van der Waals surface area contributed by atoms with E-state index < -0.39 is 6.61 Å². The number of nitrogens with zero attached hydrogens (tertiary/aromatic N) is 1. The van der Waals surface area contributed by atoms with E-state index in [1.165, 1.54) is 25.8 Å². The van der Waals surface area contributed by atoms with Crippen molar-refractivity contribution in [2.45, 2.75) is 38.3 Å². The molecule has 1 N–H and O–H groups in total. The van der Waals surface area contributed by atoms with Gasteiger partial charge in [-0.25, -0.2) is 0 Å². The lowest BCUT2D eigenvalue weighted by atomic mass is 10.0. The highest BCUT2D eigenvalue weighted by Gasteiger charge is 2.17. The molecule has 0 bridgehead atoms. The summed E-state index contributed by atoms with van der Waals surface area (Å²) in [5.74, 6) is 0.192. The van der Waals surface area contributed by atoms with Gasteiger partial charge in [0.2, 0.25) is 0 Å². The van der Waals surface area contributed by atoms with Crippen LogP contribution in [-0.2, 0) is 0 Å². The van der Waals surface area contributed by atoms with Gasteiger partial charge in [-0.1, -0.05) is 6.42 Å². The van der Waals surface area contributed by atoms with Crippen molar-refractivity contribution in [3.05, 3.63) is 24.3 Å². The number of alkyl halides is 2. The second kappa shape index (κ2) is 7.43. The normalized spacial score (nSPS) is 20.1. The van der Waals surface area contributed by atoms with E-state index in [4.69, 9.17) is 0 Å². The smallest absolute Gasteiger partial charge is 0.387 e. The third kappa shape index (κ3) is 4.63. The molecule has 0 aliphatic carbocycles. The van der Waals surface area contributed by atoms with Gasteiger partial charge in [-0.05, 0) is 57.1 Å². The molecule has 1 atom stereocenters. The quantitative estimate of drug-likeness (QED) is 0.864. The zero-order chi connectivity index (χ0) is 14.4. The minimum absolute atomic E-state index is 0.192. The number of anilines is 1. The van der Waals surface area contributed by atoms with Gasteiger partial charge in [-0.15, -0.1) is 0 Å². The number of nitrogens with one attached hydrogen (secondary N) is 1. The number of benzene rings is 1. The predicted octanol–water partition coefficient (Wildman–Crippen LogP) is 3.57. The van der Waals surface area contributed by atoms with Crippen LogP contribution in [0.2, 0.25) is 0 Å². The second-order valence-electron chi connectivity index (χ2n) is 5.25. The standard InChI is InChI=1S/C15H22F2N2O/c1-19-11-3-2-4-13(19)9-10-18-12-5-7-14(8-6-12)20-15(16)17/h5-8,13,15,18H,2-4,9-11H2,1H3. The van der Waals surface area contributed by atoms with Crippen LogP contribution in [0, 0.1) is 0 Å². The molecule has 1 unspecified atom stereocenters. The zero-order valence-electron chi connectivity index (χ0n) is 11.8. The van der Waals surface area contributed by atoms with Crippen LogP contribution in [0.4, 0.5) is 14.5 Å². The summed E-state index contributed by atoms with van der Waals surface area (Å²) in [5, 5.41) is 3.32. The molecule has 0 spiro atoms. The lowest BCUT2D eigenvalue weighted by molar-refractivity contribution is -0.0498. The van der Waals surface area contributed by atoms with E-state index in [0.29, 0.717) is 6.04 Å². The van der Waals surface area contributed by atoms with E-state index in [0.717, 1.165) is 18.7 Å². The van der Waals surface area contributed by atoms with Crippen LogP contribution in [0.15, 0.2) is 24.3 Å². The Morgan fingerprint density at radius 2 is 2.05 bits per heavy atom. The van der Waals surface area contributed by atoms with Crippen molar-refractivity contribution in [1.29, 1.82) is 0 Å². The highest BCUT2D eigenvalue weighted by molar-refractivity contribution is 5.46. The molecule has 0 saturated carbocycles. The number of rotatable bonds is 6. The maximum absolute atomic E-state index is 12.0. The van der Waals surface area contributed by atoms with E-state index in [-0.39, 0.29) is 5.75 Å². The maximum Gasteiger partial charge on any atom is 0.387 e. The highest BCUT2D eigenvalue weighted by atomic mass is 19.3. The molecule has 1 heterocycles.